The molecular weight excluding hydrogens is 411 g/mol. The van der Waals surface area contributed by atoms with Crippen LogP contribution in [0.15, 0.2) is 33.6 Å². The van der Waals surface area contributed by atoms with E-state index in [-0.39, 0.29) is 10.6 Å². The Bertz CT molecular complexity index is 982. The number of aromatic nitrogens is 1. The molecule has 4 N–H and O–H groups in total. The zero-order valence-electron chi connectivity index (χ0n) is 13.4. The molecule has 8 nitrogen and oxygen atoms in total. The van der Waals surface area contributed by atoms with Gasteiger partial charge in [0.2, 0.25) is 9.84 Å². The Labute approximate surface area is 154 Å². The van der Waals surface area contributed by atoms with Crippen molar-refractivity contribution in [1.29, 1.82) is 0 Å². The van der Waals surface area contributed by atoms with Gasteiger partial charge in [-0.15, -0.1) is 11.3 Å². The van der Waals surface area contributed by atoms with Crippen molar-refractivity contribution >= 4 is 38.0 Å². The number of nitrogens with zero attached hydrogens (tertiary/aromatic N) is 1. The number of amides is 2. The third-order valence-corrected chi connectivity index (χ3v) is 6.39. The Hall–Kier alpha value is -2.51. The Morgan fingerprint density at radius 2 is 1.96 bits per heavy atom. The Morgan fingerprint density at radius 3 is 2.41 bits per heavy atom. The summed E-state index contributed by atoms with van der Waals surface area (Å²) in [5, 5.41) is 10.5. The maximum Gasteiger partial charge on any atom is 0.417 e. The number of halogens is 3. The van der Waals surface area contributed by atoms with Crippen molar-refractivity contribution < 1.29 is 36.3 Å². The van der Waals surface area contributed by atoms with Gasteiger partial charge in [-0.1, -0.05) is 0 Å². The van der Waals surface area contributed by atoms with Crippen molar-refractivity contribution in [3.8, 4) is 0 Å². The number of primary amides is 1. The van der Waals surface area contributed by atoms with Gasteiger partial charge in [-0.25, -0.2) is 13.4 Å². The molecule has 2 heterocycles. The first-order valence-corrected chi connectivity index (χ1v) is 9.35. The highest BCUT2D eigenvalue weighted by atomic mass is 32.2. The van der Waals surface area contributed by atoms with Crippen molar-refractivity contribution in [1.82, 2.24) is 4.98 Å². The predicted octanol–water partition coefficient (Wildman–Crippen LogP) is 1.41. The summed E-state index contributed by atoms with van der Waals surface area (Å²) in [7, 11) is -4.37. The molecule has 0 fully saturated rings. The molecular formula is C14H12F3N3O5S2. The van der Waals surface area contributed by atoms with Gasteiger partial charge in [-0.05, 0) is 25.1 Å². The van der Waals surface area contributed by atoms with Gasteiger partial charge < -0.3 is 16.2 Å². The summed E-state index contributed by atoms with van der Waals surface area (Å²) in [6.07, 6.45) is -5.76. The second-order valence-corrected chi connectivity index (χ2v) is 8.40. The molecule has 2 rings (SSSR count). The van der Waals surface area contributed by atoms with E-state index in [0.717, 1.165) is 13.0 Å². The highest BCUT2D eigenvalue weighted by Gasteiger charge is 2.32. The molecule has 0 bridgehead atoms. The van der Waals surface area contributed by atoms with Crippen LogP contribution < -0.4 is 11.1 Å². The van der Waals surface area contributed by atoms with Crippen LogP contribution in [0.1, 0.15) is 22.8 Å². The molecule has 2 aromatic heterocycles. The van der Waals surface area contributed by atoms with Gasteiger partial charge >= 0.3 is 6.18 Å². The van der Waals surface area contributed by atoms with E-state index in [0.29, 0.717) is 29.7 Å². The largest absolute Gasteiger partial charge is 0.417 e. The van der Waals surface area contributed by atoms with E-state index in [2.05, 4.69) is 10.3 Å². The van der Waals surface area contributed by atoms with Crippen molar-refractivity contribution in [2.75, 3.05) is 5.32 Å². The number of hydrogen-bond donors (Lipinski definition) is 3. The lowest BCUT2D eigenvalue weighted by atomic mass is 10.3. The number of sulfone groups is 1. The molecule has 146 valence electrons. The van der Waals surface area contributed by atoms with Crippen molar-refractivity contribution in [2.45, 2.75) is 28.4 Å². The van der Waals surface area contributed by atoms with E-state index in [4.69, 9.17) is 5.73 Å². The maximum atomic E-state index is 12.6. The molecule has 2 aromatic rings. The summed E-state index contributed by atoms with van der Waals surface area (Å²) in [4.78, 5) is 26.4. The third-order valence-electron chi connectivity index (χ3n) is 3.19. The lowest BCUT2D eigenvalue weighted by Crippen LogP contribution is -2.25. The number of aliphatic hydroxyl groups is 1. The standard InChI is InChI=1S/C14H12F3N3O5S2/c1-6(21)12(23)20-13-8(11(18)22)4-10(26-13)27(24,25)9-3-2-7(5-19-9)14(15,16)17/h2-6,21H,1H3,(H2,18,22)(H,20,23). The maximum absolute atomic E-state index is 12.6. The Morgan fingerprint density at radius 1 is 1.33 bits per heavy atom. The van der Waals surface area contributed by atoms with Gasteiger partial charge in [0.05, 0.1) is 11.1 Å². The topological polar surface area (TPSA) is 139 Å². The van der Waals surface area contributed by atoms with Gasteiger partial charge in [0.25, 0.3) is 11.8 Å². The second kappa shape index (κ2) is 7.25. The minimum Gasteiger partial charge on any atom is -0.384 e. The first-order chi connectivity index (χ1) is 12.3. The van der Waals surface area contributed by atoms with Crippen LogP contribution in [-0.4, -0.2) is 36.4 Å². The van der Waals surface area contributed by atoms with Crippen LogP contribution in [0.25, 0.3) is 0 Å². The number of pyridine rings is 1. The average Bonchev–Trinajstić information content (AvgIpc) is 2.99. The molecule has 0 radical (unpaired) electrons. The molecule has 0 saturated heterocycles. The highest BCUT2D eigenvalue weighted by Crippen LogP contribution is 2.35. The lowest BCUT2D eigenvalue weighted by molar-refractivity contribution is -0.137. The summed E-state index contributed by atoms with van der Waals surface area (Å²) >= 11 is 0.451. The number of rotatable bonds is 5. The van der Waals surface area contributed by atoms with Crippen LogP contribution in [-0.2, 0) is 20.8 Å². The van der Waals surface area contributed by atoms with Crippen LogP contribution in [0.3, 0.4) is 0 Å². The van der Waals surface area contributed by atoms with Gasteiger partial charge in [-0.3, -0.25) is 9.59 Å². The molecule has 13 heteroatoms. The van der Waals surface area contributed by atoms with Gasteiger partial charge in [0, 0.05) is 6.20 Å². The van der Waals surface area contributed by atoms with E-state index in [1.807, 2.05) is 0 Å². The van der Waals surface area contributed by atoms with Crippen LogP contribution in [0.4, 0.5) is 18.2 Å². The predicted molar refractivity (Wildman–Crippen MR) is 87.8 cm³/mol. The average molecular weight is 423 g/mol. The number of hydrogen-bond acceptors (Lipinski definition) is 7. The molecule has 0 aliphatic carbocycles. The van der Waals surface area contributed by atoms with Gasteiger partial charge in [0.1, 0.15) is 15.3 Å². The lowest BCUT2D eigenvalue weighted by Gasteiger charge is -2.07. The number of carbonyl (C=O) groups excluding carboxylic acids is 2. The van der Waals surface area contributed by atoms with E-state index >= 15 is 0 Å². The van der Waals surface area contributed by atoms with Crippen molar-refractivity contribution in [2.24, 2.45) is 5.73 Å². The van der Waals surface area contributed by atoms with Crippen molar-refractivity contribution in [3.63, 3.8) is 0 Å². The Kier molecular flexibility index (Phi) is 5.58. The molecule has 27 heavy (non-hydrogen) atoms. The number of alkyl halides is 3. The summed E-state index contributed by atoms with van der Waals surface area (Å²) < 4.78 is 62.4. The molecule has 1 unspecified atom stereocenters. The normalized spacial score (nSPS) is 13.2. The molecule has 0 aromatic carbocycles. The number of aliphatic hydroxyl groups excluding tert-OH is 1. The third kappa shape index (κ3) is 4.43. The quantitative estimate of drug-likeness (QED) is 0.664. The number of carbonyl (C=O) groups is 2. The van der Waals surface area contributed by atoms with Gasteiger partial charge in [0.15, 0.2) is 5.03 Å². The van der Waals surface area contributed by atoms with Crippen LogP contribution in [0.5, 0.6) is 0 Å². The minimum atomic E-state index is -4.68. The SMILES string of the molecule is CC(O)C(=O)Nc1sc(S(=O)(=O)c2ccc(C(F)(F)F)cn2)cc1C(N)=O. The second-order valence-electron chi connectivity index (χ2n) is 5.22. The summed E-state index contributed by atoms with van der Waals surface area (Å²) in [6.45, 7) is 1.15. The van der Waals surface area contributed by atoms with Crippen LogP contribution in [0, 0.1) is 0 Å². The number of anilines is 1. The zero-order chi connectivity index (χ0) is 20.6. The molecule has 0 spiro atoms. The zero-order valence-corrected chi connectivity index (χ0v) is 15.1. The first-order valence-electron chi connectivity index (χ1n) is 7.05. The molecule has 0 saturated carbocycles. The van der Waals surface area contributed by atoms with Gasteiger partial charge in [-0.2, -0.15) is 13.2 Å². The summed E-state index contributed by atoms with van der Waals surface area (Å²) in [5.74, 6) is -1.95. The molecule has 0 aliphatic rings. The number of nitrogens with one attached hydrogen (secondary N) is 1. The van der Waals surface area contributed by atoms with E-state index in [1.54, 1.807) is 0 Å². The van der Waals surface area contributed by atoms with Crippen molar-refractivity contribution in [3.05, 3.63) is 35.5 Å². The molecule has 2 amide bonds. The minimum absolute atomic E-state index is 0.223. The van der Waals surface area contributed by atoms with E-state index in [9.17, 15) is 36.3 Å². The Balaban J connectivity index is 2.47. The first kappa shape index (κ1) is 20.8. The van der Waals surface area contributed by atoms with E-state index in [1.165, 1.54) is 0 Å². The molecule has 0 aliphatic heterocycles. The van der Waals surface area contributed by atoms with Crippen LogP contribution >= 0.6 is 11.3 Å². The highest BCUT2D eigenvalue weighted by molar-refractivity contribution is 7.93. The smallest absolute Gasteiger partial charge is 0.384 e. The monoisotopic (exact) mass is 423 g/mol. The number of nitrogens with two attached hydrogens (primary N) is 1. The molecule has 1 atom stereocenters. The fourth-order valence-electron chi connectivity index (χ4n) is 1.80. The van der Waals surface area contributed by atoms with E-state index < -0.39 is 48.7 Å². The summed E-state index contributed by atoms with van der Waals surface area (Å²) in [6, 6.07) is 2.10. The fraction of sp³-hybridized carbons (Fsp3) is 0.214. The van der Waals surface area contributed by atoms with Crippen LogP contribution in [0.2, 0.25) is 0 Å². The summed E-state index contributed by atoms with van der Waals surface area (Å²) in [5.41, 5.74) is 3.68. The fourth-order valence-corrected chi connectivity index (χ4v) is 4.46. The number of thiophene rings is 1.